The van der Waals surface area contributed by atoms with Gasteiger partial charge < -0.3 is 10.5 Å². The highest BCUT2D eigenvalue weighted by Gasteiger charge is 2.29. The van der Waals surface area contributed by atoms with Gasteiger partial charge in [0, 0.05) is 30.9 Å². The van der Waals surface area contributed by atoms with Gasteiger partial charge in [-0.2, -0.15) is 0 Å². The van der Waals surface area contributed by atoms with E-state index in [1.54, 1.807) is 7.11 Å². The lowest BCUT2D eigenvalue weighted by Crippen LogP contribution is -2.28. The highest BCUT2D eigenvalue weighted by molar-refractivity contribution is 5.47. The number of nitrogens with zero attached hydrogens (tertiary/aromatic N) is 1. The Balaban J connectivity index is 1.69. The second kappa shape index (κ2) is 5.41. The summed E-state index contributed by atoms with van der Waals surface area (Å²) in [6.07, 6.45) is 5.65. The van der Waals surface area contributed by atoms with Crippen molar-refractivity contribution in [3.63, 3.8) is 0 Å². The number of nitrogens with two attached hydrogens (primary N) is 1. The quantitative estimate of drug-likeness (QED) is 0.766. The van der Waals surface area contributed by atoms with Crippen LogP contribution in [0.1, 0.15) is 31.2 Å². The second-order valence-electron chi connectivity index (χ2n) is 6.15. The molecule has 2 fully saturated rings. The van der Waals surface area contributed by atoms with E-state index in [-0.39, 0.29) is 0 Å². The van der Waals surface area contributed by atoms with Crippen LogP contribution in [0.4, 0.5) is 5.69 Å². The van der Waals surface area contributed by atoms with Crippen LogP contribution < -0.4 is 10.5 Å². The average Bonchev–Trinajstić information content (AvgIpc) is 3.25. The van der Waals surface area contributed by atoms with Crippen LogP contribution in [0.25, 0.3) is 0 Å². The maximum absolute atomic E-state index is 5.91. The molecule has 0 bridgehead atoms. The number of nitrogen functional groups attached to an aromatic ring is 1. The summed E-state index contributed by atoms with van der Waals surface area (Å²) in [6, 6.07) is 5.96. The Hall–Kier alpha value is -1.22. The summed E-state index contributed by atoms with van der Waals surface area (Å²) in [4.78, 5) is 2.60. The van der Waals surface area contributed by atoms with E-state index in [2.05, 4.69) is 11.0 Å². The van der Waals surface area contributed by atoms with E-state index in [1.165, 1.54) is 44.3 Å². The van der Waals surface area contributed by atoms with Gasteiger partial charge >= 0.3 is 0 Å². The van der Waals surface area contributed by atoms with E-state index in [9.17, 15) is 0 Å². The van der Waals surface area contributed by atoms with Gasteiger partial charge in [-0.1, -0.05) is 0 Å². The van der Waals surface area contributed by atoms with Gasteiger partial charge in [0.05, 0.1) is 7.11 Å². The van der Waals surface area contributed by atoms with Gasteiger partial charge in [-0.05, 0) is 55.7 Å². The highest BCUT2D eigenvalue weighted by atomic mass is 16.5. The minimum atomic E-state index is 0.827. The molecule has 0 saturated heterocycles. The monoisotopic (exact) mass is 260 g/mol. The first kappa shape index (κ1) is 12.8. The summed E-state index contributed by atoms with van der Waals surface area (Å²) in [5, 5.41) is 0. The van der Waals surface area contributed by atoms with Gasteiger partial charge in [0.15, 0.2) is 0 Å². The van der Waals surface area contributed by atoms with Crippen molar-refractivity contribution < 1.29 is 4.74 Å². The summed E-state index contributed by atoms with van der Waals surface area (Å²) in [7, 11) is 1.74. The molecule has 3 heteroatoms. The summed E-state index contributed by atoms with van der Waals surface area (Å²) >= 11 is 0. The fourth-order valence-corrected chi connectivity index (χ4v) is 2.70. The Morgan fingerprint density at radius 3 is 2.32 bits per heavy atom. The Morgan fingerprint density at radius 2 is 1.79 bits per heavy atom. The molecule has 1 aromatic rings. The van der Waals surface area contributed by atoms with E-state index in [0.717, 1.165) is 29.8 Å². The van der Waals surface area contributed by atoms with E-state index in [4.69, 9.17) is 10.5 Å². The molecule has 0 unspecified atom stereocenters. The molecule has 1 aromatic carbocycles. The van der Waals surface area contributed by atoms with Gasteiger partial charge in [0.1, 0.15) is 5.75 Å². The first-order chi connectivity index (χ1) is 9.24. The Kier molecular flexibility index (Phi) is 3.65. The molecule has 104 valence electrons. The number of hydrogen-bond acceptors (Lipinski definition) is 3. The zero-order chi connectivity index (χ0) is 13.2. The zero-order valence-electron chi connectivity index (χ0n) is 11.8. The van der Waals surface area contributed by atoms with Crippen molar-refractivity contribution in [2.45, 2.75) is 32.2 Å². The molecule has 0 aliphatic heterocycles. The smallest absolute Gasteiger partial charge is 0.123 e. The van der Waals surface area contributed by atoms with Crippen LogP contribution >= 0.6 is 0 Å². The standard InChI is InChI=1S/C16H24N2O/c1-19-16-7-6-15(17)8-14(16)11-18(9-12-2-3-12)10-13-4-5-13/h6-8,12-13H,2-5,9-11,17H2,1H3. The summed E-state index contributed by atoms with van der Waals surface area (Å²) in [5.74, 6) is 2.84. The highest BCUT2D eigenvalue weighted by Crippen LogP contribution is 2.35. The molecule has 0 aromatic heterocycles. The van der Waals surface area contributed by atoms with Crippen molar-refractivity contribution in [1.29, 1.82) is 0 Å². The number of anilines is 1. The van der Waals surface area contributed by atoms with Crippen molar-refractivity contribution in [3.8, 4) is 5.75 Å². The molecular weight excluding hydrogens is 236 g/mol. The number of hydrogen-bond donors (Lipinski definition) is 1. The van der Waals surface area contributed by atoms with Gasteiger partial charge in [0.25, 0.3) is 0 Å². The number of ether oxygens (including phenoxy) is 1. The predicted molar refractivity (Wildman–Crippen MR) is 78.1 cm³/mol. The predicted octanol–water partition coefficient (Wildman–Crippen LogP) is 2.90. The normalized spacial score (nSPS) is 18.8. The van der Waals surface area contributed by atoms with Crippen molar-refractivity contribution in [2.75, 3.05) is 25.9 Å². The molecule has 19 heavy (non-hydrogen) atoms. The third kappa shape index (κ3) is 3.63. The average molecular weight is 260 g/mol. The Bertz CT molecular complexity index is 424. The lowest BCUT2D eigenvalue weighted by molar-refractivity contribution is 0.240. The van der Waals surface area contributed by atoms with Gasteiger partial charge in [-0.3, -0.25) is 4.90 Å². The number of benzene rings is 1. The maximum atomic E-state index is 5.91. The maximum Gasteiger partial charge on any atom is 0.123 e. The van der Waals surface area contributed by atoms with Gasteiger partial charge in [0.2, 0.25) is 0 Å². The van der Waals surface area contributed by atoms with Crippen LogP contribution in [0, 0.1) is 11.8 Å². The van der Waals surface area contributed by atoms with Crippen LogP contribution in [0.2, 0.25) is 0 Å². The zero-order valence-corrected chi connectivity index (χ0v) is 11.8. The van der Waals surface area contributed by atoms with Crippen molar-refractivity contribution in [1.82, 2.24) is 4.90 Å². The van der Waals surface area contributed by atoms with Crippen LogP contribution in [0.15, 0.2) is 18.2 Å². The fourth-order valence-electron chi connectivity index (χ4n) is 2.70. The Labute approximate surface area is 115 Å². The van der Waals surface area contributed by atoms with Crippen molar-refractivity contribution in [2.24, 2.45) is 11.8 Å². The molecule has 2 aliphatic carbocycles. The lowest BCUT2D eigenvalue weighted by Gasteiger charge is -2.23. The van der Waals surface area contributed by atoms with Crippen molar-refractivity contribution >= 4 is 5.69 Å². The lowest BCUT2D eigenvalue weighted by atomic mass is 10.1. The van der Waals surface area contributed by atoms with E-state index in [1.807, 2.05) is 12.1 Å². The van der Waals surface area contributed by atoms with Crippen LogP contribution in [-0.2, 0) is 6.54 Å². The third-order valence-electron chi connectivity index (χ3n) is 4.13. The molecule has 0 radical (unpaired) electrons. The first-order valence-corrected chi connectivity index (χ1v) is 7.39. The molecule has 0 spiro atoms. The van der Waals surface area contributed by atoms with E-state index >= 15 is 0 Å². The third-order valence-corrected chi connectivity index (χ3v) is 4.13. The molecule has 2 aliphatic rings. The van der Waals surface area contributed by atoms with Gasteiger partial charge in [-0.25, -0.2) is 0 Å². The van der Waals surface area contributed by atoms with Crippen LogP contribution in [0.5, 0.6) is 5.75 Å². The largest absolute Gasteiger partial charge is 0.496 e. The summed E-state index contributed by atoms with van der Waals surface area (Å²) in [5.41, 5.74) is 7.96. The summed E-state index contributed by atoms with van der Waals surface area (Å²) < 4.78 is 5.46. The molecule has 3 nitrogen and oxygen atoms in total. The topological polar surface area (TPSA) is 38.5 Å². The van der Waals surface area contributed by atoms with Crippen LogP contribution in [0.3, 0.4) is 0 Å². The van der Waals surface area contributed by atoms with E-state index in [0.29, 0.717) is 0 Å². The SMILES string of the molecule is COc1ccc(N)cc1CN(CC1CC1)CC1CC1. The molecule has 0 heterocycles. The van der Waals surface area contributed by atoms with Crippen LogP contribution in [-0.4, -0.2) is 25.1 Å². The molecule has 0 atom stereocenters. The van der Waals surface area contributed by atoms with Crippen molar-refractivity contribution in [3.05, 3.63) is 23.8 Å². The molecule has 2 N–H and O–H groups in total. The minimum Gasteiger partial charge on any atom is -0.496 e. The summed E-state index contributed by atoms with van der Waals surface area (Å²) in [6.45, 7) is 3.46. The molecular formula is C16H24N2O. The molecule has 0 amide bonds. The number of rotatable bonds is 7. The molecule has 2 saturated carbocycles. The van der Waals surface area contributed by atoms with Gasteiger partial charge in [-0.15, -0.1) is 0 Å². The molecule has 3 rings (SSSR count). The minimum absolute atomic E-state index is 0.827. The second-order valence-corrected chi connectivity index (χ2v) is 6.15. The number of methoxy groups -OCH3 is 1. The first-order valence-electron chi connectivity index (χ1n) is 7.39. The van der Waals surface area contributed by atoms with E-state index < -0.39 is 0 Å². The Morgan fingerprint density at radius 1 is 1.16 bits per heavy atom. The fraction of sp³-hybridized carbons (Fsp3) is 0.625.